The molecule has 5 nitrogen and oxygen atoms in total. The molecule has 1 saturated heterocycles. The second-order valence-corrected chi connectivity index (χ2v) is 6.40. The van der Waals surface area contributed by atoms with Crippen LogP contribution in [0.4, 0.5) is 0 Å². The van der Waals surface area contributed by atoms with Gasteiger partial charge in [-0.15, -0.1) is 0 Å². The first-order valence-electron chi connectivity index (χ1n) is 8.90. The van der Waals surface area contributed by atoms with Gasteiger partial charge in [-0.1, -0.05) is 60.7 Å². The molecule has 1 heterocycles. The molecule has 0 saturated carbocycles. The zero-order chi connectivity index (χ0) is 18.4. The van der Waals surface area contributed by atoms with Crippen molar-refractivity contribution in [1.82, 2.24) is 5.06 Å². The number of ether oxygens (including phenoxy) is 2. The van der Waals surface area contributed by atoms with Gasteiger partial charge in [-0.2, -0.15) is 5.06 Å². The molecule has 5 heteroatoms. The number of hydrogen-bond acceptors (Lipinski definition) is 5. The highest BCUT2D eigenvalue weighted by Gasteiger charge is 2.54. The van der Waals surface area contributed by atoms with Crippen LogP contribution in [0.3, 0.4) is 0 Å². The topological polar surface area (TPSA) is 48.0 Å². The van der Waals surface area contributed by atoms with Crippen LogP contribution in [0.2, 0.25) is 0 Å². The van der Waals surface area contributed by atoms with Crippen LogP contribution in [-0.4, -0.2) is 36.6 Å². The molecule has 2 atom stereocenters. The van der Waals surface area contributed by atoms with Gasteiger partial charge >= 0.3 is 5.97 Å². The van der Waals surface area contributed by atoms with E-state index in [1.165, 1.54) is 7.11 Å². The fourth-order valence-electron chi connectivity index (χ4n) is 3.41. The Balaban J connectivity index is 1.94. The predicted molar refractivity (Wildman–Crippen MR) is 98.0 cm³/mol. The van der Waals surface area contributed by atoms with Gasteiger partial charge in [-0.3, -0.25) is 4.84 Å². The van der Waals surface area contributed by atoms with E-state index < -0.39 is 11.8 Å². The highest BCUT2D eigenvalue weighted by molar-refractivity contribution is 5.81. The molecule has 2 aromatic carbocycles. The second-order valence-electron chi connectivity index (χ2n) is 6.40. The average molecular weight is 355 g/mol. The van der Waals surface area contributed by atoms with Crippen LogP contribution in [0.5, 0.6) is 0 Å². The number of nitrogens with zero attached hydrogens (tertiary/aromatic N) is 1. The van der Waals surface area contributed by atoms with Crippen LogP contribution in [0.15, 0.2) is 60.7 Å². The molecule has 1 aliphatic heterocycles. The lowest BCUT2D eigenvalue weighted by Crippen LogP contribution is -2.52. The SMILES string of the molecule is CCO[C@@H]1C[C@@](Cc2ccccc2)(C(=O)OC)N(Cc2ccccc2)O1. The maximum absolute atomic E-state index is 12.9. The van der Waals surface area contributed by atoms with Crippen molar-refractivity contribution in [2.45, 2.75) is 38.1 Å². The molecule has 0 bridgehead atoms. The van der Waals surface area contributed by atoms with Crippen LogP contribution in [0, 0.1) is 0 Å². The summed E-state index contributed by atoms with van der Waals surface area (Å²) in [5.41, 5.74) is 1.19. The summed E-state index contributed by atoms with van der Waals surface area (Å²) >= 11 is 0. The molecular formula is C21H25NO4. The van der Waals surface area contributed by atoms with E-state index >= 15 is 0 Å². The summed E-state index contributed by atoms with van der Waals surface area (Å²) in [6, 6.07) is 19.9. The van der Waals surface area contributed by atoms with Gasteiger partial charge in [0.25, 0.3) is 0 Å². The van der Waals surface area contributed by atoms with Crippen LogP contribution < -0.4 is 0 Å². The Kier molecular flexibility index (Phi) is 6.04. The highest BCUT2D eigenvalue weighted by Crippen LogP contribution is 2.37. The maximum atomic E-state index is 12.9. The average Bonchev–Trinajstić information content (AvgIpc) is 3.01. The third-order valence-electron chi connectivity index (χ3n) is 4.65. The van der Waals surface area contributed by atoms with Gasteiger partial charge < -0.3 is 9.47 Å². The number of benzene rings is 2. The van der Waals surface area contributed by atoms with E-state index in [-0.39, 0.29) is 5.97 Å². The molecule has 1 fully saturated rings. The quantitative estimate of drug-likeness (QED) is 0.713. The number of carbonyl (C=O) groups excluding carboxylic acids is 1. The molecule has 0 unspecified atom stereocenters. The van der Waals surface area contributed by atoms with Crippen LogP contribution in [0.25, 0.3) is 0 Å². The summed E-state index contributed by atoms with van der Waals surface area (Å²) in [7, 11) is 1.42. The molecule has 0 aromatic heterocycles. The van der Waals surface area contributed by atoms with Gasteiger partial charge in [0.15, 0.2) is 11.8 Å². The van der Waals surface area contributed by atoms with Crippen molar-refractivity contribution < 1.29 is 19.1 Å². The van der Waals surface area contributed by atoms with E-state index in [0.29, 0.717) is 26.0 Å². The zero-order valence-electron chi connectivity index (χ0n) is 15.3. The first kappa shape index (κ1) is 18.6. The van der Waals surface area contributed by atoms with Crippen LogP contribution >= 0.6 is 0 Å². The molecule has 1 aliphatic rings. The van der Waals surface area contributed by atoms with E-state index in [0.717, 1.165) is 11.1 Å². The molecule has 0 N–H and O–H groups in total. The molecule has 0 aliphatic carbocycles. The summed E-state index contributed by atoms with van der Waals surface area (Å²) in [6.07, 6.45) is 0.457. The van der Waals surface area contributed by atoms with Crippen molar-refractivity contribution in [3.8, 4) is 0 Å². The van der Waals surface area contributed by atoms with Crippen molar-refractivity contribution in [2.24, 2.45) is 0 Å². The van der Waals surface area contributed by atoms with Crippen LogP contribution in [-0.2, 0) is 32.1 Å². The number of methoxy groups -OCH3 is 1. The predicted octanol–water partition coefficient (Wildman–Crippen LogP) is 3.34. The largest absolute Gasteiger partial charge is 0.468 e. The summed E-state index contributed by atoms with van der Waals surface area (Å²) in [6.45, 7) is 2.92. The van der Waals surface area contributed by atoms with Gasteiger partial charge in [-0.25, -0.2) is 4.79 Å². The third-order valence-corrected chi connectivity index (χ3v) is 4.65. The lowest BCUT2D eigenvalue weighted by atomic mass is 9.87. The normalized spacial score (nSPS) is 23.1. The highest BCUT2D eigenvalue weighted by atomic mass is 16.8. The van der Waals surface area contributed by atoms with Gasteiger partial charge in [0, 0.05) is 19.4 Å². The summed E-state index contributed by atoms with van der Waals surface area (Å²) in [5.74, 6) is -0.306. The maximum Gasteiger partial charge on any atom is 0.329 e. The van der Waals surface area contributed by atoms with Gasteiger partial charge in [0.1, 0.15) is 0 Å². The molecular weight excluding hydrogens is 330 g/mol. The number of esters is 1. The fraction of sp³-hybridized carbons (Fsp3) is 0.381. The van der Waals surface area contributed by atoms with Crippen molar-refractivity contribution in [3.05, 3.63) is 71.8 Å². The first-order chi connectivity index (χ1) is 12.7. The van der Waals surface area contributed by atoms with Crippen molar-refractivity contribution in [3.63, 3.8) is 0 Å². The molecule has 26 heavy (non-hydrogen) atoms. The lowest BCUT2D eigenvalue weighted by Gasteiger charge is -2.33. The number of rotatable bonds is 7. The minimum atomic E-state index is -0.925. The minimum Gasteiger partial charge on any atom is -0.468 e. The molecule has 0 amide bonds. The summed E-state index contributed by atoms with van der Waals surface area (Å²) in [4.78, 5) is 18.9. The van der Waals surface area contributed by atoms with E-state index in [1.807, 2.05) is 67.6 Å². The van der Waals surface area contributed by atoms with Gasteiger partial charge in [0.05, 0.1) is 13.7 Å². The van der Waals surface area contributed by atoms with E-state index in [9.17, 15) is 4.79 Å². The standard InChI is InChI=1S/C21H25NO4/c1-3-25-19-15-21(20(23)24-2,14-17-10-6-4-7-11-17)22(26-19)16-18-12-8-5-9-13-18/h4-13,19H,3,14-16H2,1-2H3/t19-,21-/m0/s1. The molecule has 3 rings (SSSR count). The minimum absolute atomic E-state index is 0.306. The Morgan fingerprint density at radius 1 is 1.12 bits per heavy atom. The van der Waals surface area contributed by atoms with E-state index in [4.69, 9.17) is 14.3 Å². The fourth-order valence-corrected chi connectivity index (χ4v) is 3.41. The zero-order valence-corrected chi connectivity index (χ0v) is 15.3. The van der Waals surface area contributed by atoms with E-state index in [2.05, 4.69) is 0 Å². The third kappa shape index (κ3) is 3.96. The molecule has 138 valence electrons. The molecule has 0 radical (unpaired) electrons. The molecule has 0 spiro atoms. The summed E-state index contributed by atoms with van der Waals surface area (Å²) < 4.78 is 10.9. The number of hydroxylamine groups is 2. The number of hydrogen-bond donors (Lipinski definition) is 0. The van der Waals surface area contributed by atoms with E-state index in [1.54, 1.807) is 5.06 Å². The lowest BCUT2D eigenvalue weighted by molar-refractivity contribution is -0.256. The Morgan fingerprint density at radius 2 is 1.73 bits per heavy atom. The smallest absolute Gasteiger partial charge is 0.329 e. The Bertz CT molecular complexity index is 706. The number of carbonyl (C=O) groups is 1. The van der Waals surface area contributed by atoms with Gasteiger partial charge in [-0.05, 0) is 18.1 Å². The Hall–Kier alpha value is -2.21. The molecule has 2 aromatic rings. The first-order valence-corrected chi connectivity index (χ1v) is 8.90. The summed E-state index contributed by atoms with van der Waals surface area (Å²) in [5, 5.41) is 1.74. The van der Waals surface area contributed by atoms with Crippen molar-refractivity contribution >= 4 is 5.97 Å². The Morgan fingerprint density at radius 3 is 2.31 bits per heavy atom. The second kappa shape index (κ2) is 8.45. The van der Waals surface area contributed by atoms with Crippen molar-refractivity contribution in [2.75, 3.05) is 13.7 Å². The van der Waals surface area contributed by atoms with Crippen LogP contribution in [0.1, 0.15) is 24.5 Å². The Labute approximate surface area is 154 Å². The monoisotopic (exact) mass is 355 g/mol. The van der Waals surface area contributed by atoms with Gasteiger partial charge in [0.2, 0.25) is 0 Å². The van der Waals surface area contributed by atoms with Crippen molar-refractivity contribution in [1.29, 1.82) is 0 Å².